The Hall–Kier alpha value is -3.16. The average Bonchev–Trinajstić information content (AvgIpc) is 2.66. The van der Waals surface area contributed by atoms with Gasteiger partial charge in [-0.15, -0.1) is 0 Å². The number of primary amides is 1. The number of benzene rings is 2. The normalized spacial score (nSPS) is 11.4. The lowest BCUT2D eigenvalue weighted by Crippen LogP contribution is -2.38. The van der Waals surface area contributed by atoms with Crippen molar-refractivity contribution in [2.24, 2.45) is 10.7 Å². The number of amides is 1. The summed E-state index contributed by atoms with van der Waals surface area (Å²) in [4.78, 5) is 17.8. The van der Waals surface area contributed by atoms with Crippen molar-refractivity contribution >= 4 is 11.9 Å². The molecule has 0 saturated heterocycles. The van der Waals surface area contributed by atoms with E-state index < -0.39 is 12.5 Å². The second-order valence-corrected chi connectivity index (χ2v) is 6.11. The minimum atomic E-state index is -2.84. The van der Waals surface area contributed by atoms with Gasteiger partial charge in [-0.1, -0.05) is 24.3 Å². The molecule has 0 aliphatic heterocycles. The number of nitrogens with zero attached hydrogens (tertiary/aromatic N) is 2. The lowest BCUT2D eigenvalue weighted by molar-refractivity contribution is -0.0498. The Morgan fingerprint density at radius 3 is 2.54 bits per heavy atom. The number of hydrogen-bond acceptors (Lipinski definition) is 3. The number of carbonyl (C=O) groups is 1. The average molecular weight is 390 g/mol. The zero-order valence-corrected chi connectivity index (χ0v) is 15.9. The number of guanidine groups is 1. The minimum absolute atomic E-state index is 0.122. The van der Waals surface area contributed by atoms with Crippen LogP contribution < -0.4 is 15.8 Å². The van der Waals surface area contributed by atoms with Crippen LogP contribution in [0.15, 0.2) is 53.5 Å². The van der Waals surface area contributed by atoms with E-state index in [-0.39, 0.29) is 5.75 Å². The molecule has 0 aromatic heterocycles. The summed E-state index contributed by atoms with van der Waals surface area (Å²) < 4.78 is 28.8. The van der Waals surface area contributed by atoms with Crippen molar-refractivity contribution in [2.75, 3.05) is 13.6 Å². The van der Waals surface area contributed by atoms with E-state index in [1.807, 2.05) is 24.9 Å². The maximum Gasteiger partial charge on any atom is 0.387 e. The van der Waals surface area contributed by atoms with E-state index >= 15 is 0 Å². The Balaban J connectivity index is 2.06. The van der Waals surface area contributed by atoms with Crippen LogP contribution in [0.25, 0.3) is 0 Å². The number of alkyl halides is 2. The van der Waals surface area contributed by atoms with Crippen molar-refractivity contribution in [3.05, 3.63) is 65.2 Å². The maximum atomic E-state index is 12.2. The van der Waals surface area contributed by atoms with Crippen LogP contribution in [0.4, 0.5) is 8.78 Å². The van der Waals surface area contributed by atoms with Gasteiger partial charge in [-0.25, -0.2) is 4.99 Å². The fourth-order valence-corrected chi connectivity index (χ4v) is 2.58. The van der Waals surface area contributed by atoms with Gasteiger partial charge in [0.1, 0.15) is 5.75 Å². The summed E-state index contributed by atoms with van der Waals surface area (Å²) in [5.74, 6) is 0.324. The summed E-state index contributed by atoms with van der Waals surface area (Å²) in [7, 11) is 1.88. The van der Waals surface area contributed by atoms with Crippen LogP contribution in [0.3, 0.4) is 0 Å². The van der Waals surface area contributed by atoms with Gasteiger partial charge in [0.05, 0.1) is 6.54 Å². The first-order valence-electron chi connectivity index (χ1n) is 8.81. The zero-order chi connectivity index (χ0) is 20.5. The molecule has 0 spiro atoms. The molecule has 0 bridgehead atoms. The van der Waals surface area contributed by atoms with E-state index in [0.717, 1.165) is 11.1 Å². The molecule has 2 rings (SSSR count). The molecular weight excluding hydrogens is 366 g/mol. The van der Waals surface area contributed by atoms with Gasteiger partial charge in [-0.3, -0.25) is 4.79 Å². The Morgan fingerprint density at radius 1 is 1.21 bits per heavy atom. The first-order valence-corrected chi connectivity index (χ1v) is 8.81. The summed E-state index contributed by atoms with van der Waals surface area (Å²) in [6.45, 7) is 0.727. The number of aliphatic imine (C=N–C) groups is 1. The topological polar surface area (TPSA) is 79.9 Å². The van der Waals surface area contributed by atoms with Crippen LogP contribution in [-0.4, -0.2) is 37.0 Å². The van der Waals surface area contributed by atoms with Gasteiger partial charge in [-0.2, -0.15) is 8.78 Å². The molecule has 8 heteroatoms. The van der Waals surface area contributed by atoms with E-state index in [0.29, 0.717) is 31.2 Å². The summed E-state index contributed by atoms with van der Waals surface area (Å²) in [6.07, 6.45) is 0. The lowest BCUT2D eigenvalue weighted by Gasteiger charge is -2.22. The number of nitrogens with two attached hydrogens (primary N) is 1. The number of halogens is 2. The van der Waals surface area contributed by atoms with Gasteiger partial charge in [0.25, 0.3) is 0 Å². The highest BCUT2D eigenvalue weighted by molar-refractivity contribution is 5.92. The van der Waals surface area contributed by atoms with E-state index in [1.54, 1.807) is 30.3 Å². The van der Waals surface area contributed by atoms with Crippen LogP contribution in [0.1, 0.15) is 28.4 Å². The molecule has 6 nitrogen and oxygen atoms in total. The Kier molecular flexibility index (Phi) is 7.74. The molecular formula is C20H24F2N4O2. The minimum Gasteiger partial charge on any atom is -0.435 e. The monoisotopic (exact) mass is 390 g/mol. The number of nitrogens with one attached hydrogen (secondary N) is 1. The van der Waals surface area contributed by atoms with Gasteiger partial charge < -0.3 is 20.7 Å². The van der Waals surface area contributed by atoms with Gasteiger partial charge >= 0.3 is 6.61 Å². The first-order chi connectivity index (χ1) is 13.4. The quantitative estimate of drug-likeness (QED) is 0.536. The predicted molar refractivity (Wildman–Crippen MR) is 104 cm³/mol. The molecule has 2 aromatic rings. The van der Waals surface area contributed by atoms with Crippen molar-refractivity contribution in [2.45, 2.75) is 26.6 Å². The van der Waals surface area contributed by atoms with Gasteiger partial charge in [0, 0.05) is 25.7 Å². The zero-order valence-electron chi connectivity index (χ0n) is 15.9. The van der Waals surface area contributed by atoms with Crippen LogP contribution in [0.5, 0.6) is 5.75 Å². The molecule has 0 saturated carbocycles. The molecule has 0 atom stereocenters. The molecule has 150 valence electrons. The van der Waals surface area contributed by atoms with Crippen LogP contribution >= 0.6 is 0 Å². The third-order valence-corrected chi connectivity index (χ3v) is 3.89. The molecule has 28 heavy (non-hydrogen) atoms. The van der Waals surface area contributed by atoms with E-state index in [9.17, 15) is 13.6 Å². The molecule has 1 amide bonds. The highest BCUT2D eigenvalue weighted by Crippen LogP contribution is 2.16. The Labute approximate surface area is 163 Å². The van der Waals surface area contributed by atoms with Crippen molar-refractivity contribution in [1.29, 1.82) is 0 Å². The summed E-state index contributed by atoms with van der Waals surface area (Å²) in [5.41, 5.74) is 7.54. The third-order valence-electron chi connectivity index (χ3n) is 3.89. The molecule has 0 unspecified atom stereocenters. The third kappa shape index (κ3) is 6.53. The van der Waals surface area contributed by atoms with E-state index in [2.05, 4.69) is 15.0 Å². The Bertz CT molecular complexity index is 810. The predicted octanol–water partition coefficient (Wildman–Crippen LogP) is 2.98. The number of carbonyl (C=O) groups excluding carboxylic acids is 1. The van der Waals surface area contributed by atoms with Gasteiger partial charge in [0.2, 0.25) is 5.91 Å². The lowest BCUT2D eigenvalue weighted by atomic mass is 10.1. The van der Waals surface area contributed by atoms with Crippen molar-refractivity contribution in [3.8, 4) is 5.75 Å². The molecule has 0 fully saturated rings. The van der Waals surface area contributed by atoms with Crippen LogP contribution in [0, 0.1) is 0 Å². The summed E-state index contributed by atoms with van der Waals surface area (Å²) >= 11 is 0. The fraction of sp³-hybridized carbons (Fsp3) is 0.300. The SMILES string of the molecule is CCNC(=NCc1cccc(C(N)=O)c1)N(C)Cc1ccc(OC(F)F)cc1. The highest BCUT2D eigenvalue weighted by atomic mass is 19.3. The Morgan fingerprint density at radius 2 is 1.93 bits per heavy atom. The number of ether oxygens (including phenoxy) is 1. The second-order valence-electron chi connectivity index (χ2n) is 6.11. The molecule has 0 aliphatic rings. The van der Waals surface area contributed by atoms with Crippen molar-refractivity contribution in [1.82, 2.24) is 10.2 Å². The van der Waals surface area contributed by atoms with E-state index in [4.69, 9.17) is 5.73 Å². The van der Waals surface area contributed by atoms with E-state index in [1.165, 1.54) is 12.1 Å². The van der Waals surface area contributed by atoms with Crippen LogP contribution in [0.2, 0.25) is 0 Å². The van der Waals surface area contributed by atoms with Gasteiger partial charge in [-0.05, 0) is 42.3 Å². The molecule has 0 aliphatic carbocycles. The standard InChI is InChI=1S/C20H24F2N4O2/c1-3-24-20(25-12-15-5-4-6-16(11-15)18(23)27)26(2)13-14-7-9-17(10-8-14)28-19(21)22/h4-11,19H,3,12-13H2,1-2H3,(H2,23,27)(H,24,25). The largest absolute Gasteiger partial charge is 0.435 e. The first kappa shape index (κ1) is 21.1. The summed E-state index contributed by atoms with van der Waals surface area (Å²) in [5, 5.41) is 3.21. The van der Waals surface area contributed by atoms with Crippen molar-refractivity contribution < 1.29 is 18.3 Å². The molecule has 3 N–H and O–H groups in total. The van der Waals surface area contributed by atoms with Gasteiger partial charge in [0.15, 0.2) is 5.96 Å². The van der Waals surface area contributed by atoms with Crippen LogP contribution in [-0.2, 0) is 13.1 Å². The number of hydrogen-bond donors (Lipinski definition) is 2. The molecule has 0 heterocycles. The summed E-state index contributed by atoms with van der Waals surface area (Å²) in [6, 6.07) is 13.5. The van der Waals surface area contributed by atoms with Crippen molar-refractivity contribution in [3.63, 3.8) is 0 Å². The number of rotatable bonds is 8. The maximum absolute atomic E-state index is 12.2. The smallest absolute Gasteiger partial charge is 0.387 e. The fourth-order valence-electron chi connectivity index (χ4n) is 2.58. The molecule has 2 aromatic carbocycles. The molecule has 0 radical (unpaired) electrons. The second kappa shape index (κ2) is 10.2. The highest BCUT2D eigenvalue weighted by Gasteiger charge is 2.09.